The lowest BCUT2D eigenvalue weighted by molar-refractivity contribution is 0.344. The molecule has 0 unspecified atom stereocenters. The first kappa shape index (κ1) is 14.4. The van der Waals surface area contributed by atoms with Crippen LogP contribution in [-0.2, 0) is 0 Å². The van der Waals surface area contributed by atoms with Crippen molar-refractivity contribution in [1.82, 2.24) is 14.8 Å². The smallest absolute Gasteiger partial charge is 0.191 e. The minimum atomic E-state index is 0.640. The van der Waals surface area contributed by atoms with Crippen LogP contribution in [0.1, 0.15) is 43.5 Å². The second-order valence-electron chi connectivity index (χ2n) is 5.87. The summed E-state index contributed by atoms with van der Waals surface area (Å²) in [6.45, 7) is 0.640. The molecule has 116 valence electrons. The van der Waals surface area contributed by atoms with E-state index in [9.17, 15) is 0 Å². The van der Waals surface area contributed by atoms with Gasteiger partial charge in [-0.15, -0.1) is 10.2 Å². The van der Waals surface area contributed by atoms with E-state index >= 15 is 0 Å². The molecule has 2 aliphatic carbocycles. The normalized spacial score (nSPS) is 17.7. The summed E-state index contributed by atoms with van der Waals surface area (Å²) in [5, 5.41) is 10.6. The number of benzene rings is 1. The highest BCUT2D eigenvalue weighted by molar-refractivity contribution is 7.99. The molecule has 4 rings (SSSR count). The topological polar surface area (TPSA) is 39.9 Å². The number of rotatable bonds is 7. The Morgan fingerprint density at radius 3 is 2.82 bits per heavy atom. The van der Waals surface area contributed by atoms with Crippen LogP contribution in [0.2, 0.25) is 5.02 Å². The molecule has 0 N–H and O–H groups in total. The maximum absolute atomic E-state index is 5.95. The Labute approximate surface area is 139 Å². The minimum Gasteiger partial charge on any atom is -0.493 e. The molecule has 2 saturated carbocycles. The quantitative estimate of drug-likeness (QED) is 0.558. The van der Waals surface area contributed by atoms with E-state index in [1.807, 2.05) is 24.3 Å². The lowest BCUT2D eigenvalue weighted by atomic mass is 10.3. The van der Waals surface area contributed by atoms with Gasteiger partial charge in [-0.1, -0.05) is 29.4 Å². The van der Waals surface area contributed by atoms with Crippen molar-refractivity contribution in [2.45, 2.75) is 42.8 Å². The molecule has 1 heterocycles. The summed E-state index contributed by atoms with van der Waals surface area (Å²) in [6.07, 6.45) is 5.08. The molecular weight excluding hydrogens is 318 g/mol. The van der Waals surface area contributed by atoms with Crippen molar-refractivity contribution < 1.29 is 4.74 Å². The van der Waals surface area contributed by atoms with Crippen LogP contribution in [0, 0.1) is 0 Å². The Morgan fingerprint density at radius 1 is 1.23 bits per heavy atom. The molecule has 0 amide bonds. The van der Waals surface area contributed by atoms with Gasteiger partial charge in [0, 0.05) is 22.7 Å². The van der Waals surface area contributed by atoms with Gasteiger partial charge >= 0.3 is 0 Å². The fourth-order valence-electron chi connectivity index (χ4n) is 2.53. The number of halogens is 1. The highest BCUT2D eigenvalue weighted by Crippen LogP contribution is 2.45. The Kier molecular flexibility index (Phi) is 4.01. The first-order chi connectivity index (χ1) is 10.8. The number of aromatic nitrogens is 3. The number of hydrogen-bond acceptors (Lipinski definition) is 4. The molecule has 0 aliphatic heterocycles. The molecule has 1 aromatic carbocycles. The molecule has 0 bridgehead atoms. The van der Waals surface area contributed by atoms with Gasteiger partial charge in [-0.25, -0.2) is 0 Å². The fraction of sp³-hybridized carbons (Fsp3) is 0.500. The summed E-state index contributed by atoms with van der Waals surface area (Å²) >= 11 is 7.68. The van der Waals surface area contributed by atoms with E-state index in [0.717, 1.165) is 16.7 Å². The molecule has 22 heavy (non-hydrogen) atoms. The van der Waals surface area contributed by atoms with Gasteiger partial charge in [-0.2, -0.15) is 0 Å². The summed E-state index contributed by atoms with van der Waals surface area (Å²) in [7, 11) is 0. The molecule has 4 nitrogen and oxygen atoms in total. The predicted molar refractivity (Wildman–Crippen MR) is 87.9 cm³/mol. The van der Waals surface area contributed by atoms with E-state index in [4.69, 9.17) is 16.3 Å². The highest BCUT2D eigenvalue weighted by Gasteiger charge is 2.36. The Balaban J connectivity index is 1.34. The zero-order valence-electron chi connectivity index (χ0n) is 12.2. The number of hydrogen-bond donors (Lipinski definition) is 0. The van der Waals surface area contributed by atoms with Gasteiger partial charge in [0.15, 0.2) is 5.16 Å². The third-order valence-corrected chi connectivity index (χ3v) is 5.07. The molecule has 2 aliphatic rings. The second kappa shape index (κ2) is 6.13. The second-order valence-corrected chi connectivity index (χ2v) is 7.37. The van der Waals surface area contributed by atoms with Crippen molar-refractivity contribution >= 4 is 23.4 Å². The van der Waals surface area contributed by atoms with Gasteiger partial charge in [0.1, 0.15) is 11.6 Å². The molecule has 6 heteroatoms. The largest absolute Gasteiger partial charge is 0.493 e. The van der Waals surface area contributed by atoms with Gasteiger partial charge < -0.3 is 9.30 Å². The monoisotopic (exact) mass is 335 g/mol. The fourth-order valence-corrected chi connectivity index (χ4v) is 3.54. The number of thioether (sulfide) groups is 1. The Morgan fingerprint density at radius 2 is 2.09 bits per heavy atom. The van der Waals surface area contributed by atoms with E-state index in [1.165, 1.54) is 31.5 Å². The van der Waals surface area contributed by atoms with Gasteiger partial charge in [-0.05, 0) is 43.9 Å². The van der Waals surface area contributed by atoms with Gasteiger partial charge in [0.05, 0.1) is 6.61 Å². The maximum Gasteiger partial charge on any atom is 0.191 e. The summed E-state index contributed by atoms with van der Waals surface area (Å²) in [5.74, 6) is 3.54. The predicted octanol–water partition coefficient (Wildman–Crippen LogP) is 4.31. The molecule has 0 saturated heterocycles. The third-order valence-electron chi connectivity index (χ3n) is 3.92. The van der Waals surface area contributed by atoms with E-state index in [2.05, 4.69) is 14.8 Å². The first-order valence-electron chi connectivity index (χ1n) is 7.77. The average molecular weight is 336 g/mol. The van der Waals surface area contributed by atoms with Crippen molar-refractivity contribution in [3.8, 4) is 5.75 Å². The van der Waals surface area contributed by atoms with E-state index < -0.39 is 0 Å². The maximum atomic E-state index is 5.95. The van der Waals surface area contributed by atoms with Crippen molar-refractivity contribution in [2.75, 3.05) is 12.4 Å². The molecule has 2 aromatic rings. The van der Waals surface area contributed by atoms with Crippen LogP contribution in [0.3, 0.4) is 0 Å². The SMILES string of the molecule is Clc1cccc(OCCSc2nnc(C3CC3)n2C2CC2)c1. The van der Waals surface area contributed by atoms with Crippen LogP contribution in [0.25, 0.3) is 0 Å². The van der Waals surface area contributed by atoms with Crippen LogP contribution in [0.4, 0.5) is 0 Å². The summed E-state index contributed by atoms with van der Waals surface area (Å²) in [4.78, 5) is 0. The highest BCUT2D eigenvalue weighted by atomic mass is 35.5. The lowest BCUT2D eigenvalue weighted by Crippen LogP contribution is -2.04. The molecule has 0 spiro atoms. The summed E-state index contributed by atoms with van der Waals surface area (Å²) in [5.41, 5.74) is 0. The zero-order chi connectivity index (χ0) is 14.9. The van der Waals surface area contributed by atoms with Crippen LogP contribution in [0.15, 0.2) is 29.4 Å². The van der Waals surface area contributed by atoms with E-state index in [0.29, 0.717) is 23.6 Å². The Hall–Kier alpha value is -1.20. The van der Waals surface area contributed by atoms with Gasteiger partial charge in [0.2, 0.25) is 0 Å². The van der Waals surface area contributed by atoms with Crippen LogP contribution >= 0.6 is 23.4 Å². The lowest BCUT2D eigenvalue weighted by Gasteiger charge is -2.09. The van der Waals surface area contributed by atoms with E-state index in [1.54, 1.807) is 11.8 Å². The average Bonchev–Trinajstić information content (AvgIpc) is 3.42. The van der Waals surface area contributed by atoms with Crippen LogP contribution in [0.5, 0.6) is 5.75 Å². The van der Waals surface area contributed by atoms with Crippen molar-refractivity contribution in [3.63, 3.8) is 0 Å². The molecular formula is C16H18ClN3OS. The first-order valence-corrected chi connectivity index (χ1v) is 9.13. The van der Waals surface area contributed by atoms with Crippen molar-refractivity contribution in [2.24, 2.45) is 0 Å². The number of nitrogens with zero attached hydrogens (tertiary/aromatic N) is 3. The third kappa shape index (κ3) is 3.25. The van der Waals surface area contributed by atoms with Crippen LogP contribution in [-0.4, -0.2) is 27.1 Å². The molecule has 2 fully saturated rings. The molecule has 0 atom stereocenters. The van der Waals surface area contributed by atoms with Crippen molar-refractivity contribution in [3.05, 3.63) is 35.1 Å². The molecule has 1 aromatic heterocycles. The van der Waals surface area contributed by atoms with Crippen molar-refractivity contribution in [1.29, 1.82) is 0 Å². The van der Waals surface area contributed by atoms with Crippen LogP contribution < -0.4 is 4.74 Å². The summed E-state index contributed by atoms with van der Waals surface area (Å²) in [6, 6.07) is 8.15. The standard InChI is InChI=1S/C16H18ClN3OS/c17-12-2-1-3-14(10-12)21-8-9-22-16-19-18-15(11-4-5-11)20(16)13-6-7-13/h1-3,10-11,13H,4-9H2. The minimum absolute atomic E-state index is 0.640. The Bertz CT molecular complexity index is 667. The number of ether oxygens (including phenoxy) is 1. The molecule has 0 radical (unpaired) electrons. The summed E-state index contributed by atoms with van der Waals surface area (Å²) < 4.78 is 8.11. The van der Waals surface area contributed by atoms with Gasteiger partial charge in [-0.3, -0.25) is 0 Å². The van der Waals surface area contributed by atoms with Gasteiger partial charge in [0.25, 0.3) is 0 Å². The van der Waals surface area contributed by atoms with E-state index in [-0.39, 0.29) is 0 Å². The zero-order valence-corrected chi connectivity index (χ0v) is 13.8.